The molecule has 10 heteroatoms. The first-order chi connectivity index (χ1) is 16.7. The molecule has 0 atom stereocenters. The van der Waals surface area contributed by atoms with Crippen LogP contribution in [-0.4, -0.2) is 87.5 Å². The van der Waals surface area contributed by atoms with Gasteiger partial charge in [0.1, 0.15) is 17.7 Å². The molecule has 0 amide bonds. The summed E-state index contributed by atoms with van der Waals surface area (Å²) in [4.78, 5) is 27.1. The predicted octanol–water partition coefficient (Wildman–Crippen LogP) is 1.26. The van der Waals surface area contributed by atoms with E-state index in [9.17, 15) is 4.79 Å². The van der Waals surface area contributed by atoms with E-state index in [-0.39, 0.29) is 5.69 Å². The van der Waals surface area contributed by atoms with Crippen molar-refractivity contribution in [2.45, 2.75) is 13.1 Å². The zero-order valence-corrected chi connectivity index (χ0v) is 19.6. The Bertz CT molecular complexity index is 1320. The summed E-state index contributed by atoms with van der Waals surface area (Å²) in [5.41, 5.74) is 2.95. The lowest BCUT2D eigenvalue weighted by atomic mass is 10.2. The maximum absolute atomic E-state index is 13.2. The molecule has 1 fully saturated rings. The van der Waals surface area contributed by atoms with Gasteiger partial charge >= 0.3 is 5.69 Å². The van der Waals surface area contributed by atoms with Crippen molar-refractivity contribution in [3.8, 4) is 5.75 Å². The molecule has 4 aromatic rings. The Morgan fingerprint density at radius 3 is 2.41 bits per heavy atom. The maximum Gasteiger partial charge on any atom is 0.352 e. The third-order valence-corrected chi connectivity index (χ3v) is 6.36. The fraction of sp³-hybridized carbons (Fsp3) is 0.417. The van der Waals surface area contributed by atoms with E-state index in [2.05, 4.69) is 25.9 Å². The van der Waals surface area contributed by atoms with Crippen molar-refractivity contribution >= 4 is 16.7 Å². The van der Waals surface area contributed by atoms with Crippen molar-refractivity contribution in [1.29, 1.82) is 0 Å². The number of ether oxygens (including phenoxy) is 2. The van der Waals surface area contributed by atoms with Gasteiger partial charge in [-0.25, -0.2) is 14.8 Å². The Morgan fingerprint density at radius 2 is 1.68 bits per heavy atom. The first kappa shape index (κ1) is 22.5. The minimum absolute atomic E-state index is 0.261. The van der Waals surface area contributed by atoms with Crippen molar-refractivity contribution < 1.29 is 9.47 Å². The van der Waals surface area contributed by atoms with Gasteiger partial charge in [-0.2, -0.15) is 9.61 Å². The maximum atomic E-state index is 13.2. The number of aromatic nitrogens is 5. The van der Waals surface area contributed by atoms with Crippen LogP contribution in [0.3, 0.4) is 0 Å². The van der Waals surface area contributed by atoms with Gasteiger partial charge in [-0.1, -0.05) is 12.1 Å². The summed E-state index contributed by atoms with van der Waals surface area (Å²) < 4.78 is 13.4. The lowest BCUT2D eigenvalue weighted by molar-refractivity contribution is 0.0938. The second-order valence-corrected chi connectivity index (χ2v) is 8.54. The summed E-state index contributed by atoms with van der Waals surface area (Å²) in [7, 11) is 3.38. The fourth-order valence-electron chi connectivity index (χ4n) is 4.44. The van der Waals surface area contributed by atoms with Crippen molar-refractivity contribution in [3.63, 3.8) is 0 Å². The van der Waals surface area contributed by atoms with Gasteiger partial charge in [0.15, 0.2) is 5.65 Å². The molecule has 178 valence electrons. The number of fused-ring (bicyclic) bond motifs is 3. The summed E-state index contributed by atoms with van der Waals surface area (Å²) in [6.07, 6.45) is 3.29. The number of rotatable bonds is 8. The first-order valence-corrected chi connectivity index (χ1v) is 11.4. The van der Waals surface area contributed by atoms with E-state index in [1.165, 1.54) is 10.8 Å². The third-order valence-electron chi connectivity index (χ3n) is 6.36. The third kappa shape index (κ3) is 4.52. The second kappa shape index (κ2) is 9.88. The highest BCUT2D eigenvalue weighted by atomic mass is 16.5. The Kier molecular flexibility index (Phi) is 6.52. The minimum atomic E-state index is -0.261. The highest BCUT2D eigenvalue weighted by Gasteiger charge is 2.19. The highest BCUT2D eigenvalue weighted by molar-refractivity contribution is 5.89. The van der Waals surface area contributed by atoms with Crippen LogP contribution in [0.1, 0.15) is 11.1 Å². The number of benzene rings is 1. The second-order valence-electron chi connectivity index (χ2n) is 8.54. The fourth-order valence-corrected chi connectivity index (χ4v) is 4.44. The summed E-state index contributed by atoms with van der Waals surface area (Å²) >= 11 is 0. The van der Waals surface area contributed by atoms with E-state index >= 15 is 0 Å². The SMILES string of the molecule is COCCN1CCN(Cc2cnc3c(c2)c2ncnn2c(=O)n3Cc2ccc(OC)cc2)CC1. The van der Waals surface area contributed by atoms with E-state index in [0.717, 1.165) is 68.1 Å². The summed E-state index contributed by atoms with van der Waals surface area (Å²) in [6.45, 7) is 6.97. The molecular formula is C24H29N7O3. The normalized spacial score (nSPS) is 15.4. The molecule has 1 aliphatic rings. The van der Waals surface area contributed by atoms with Crippen LogP contribution in [0.5, 0.6) is 5.75 Å². The smallest absolute Gasteiger partial charge is 0.352 e. The molecule has 1 saturated heterocycles. The van der Waals surface area contributed by atoms with Gasteiger partial charge in [-0.15, -0.1) is 0 Å². The van der Waals surface area contributed by atoms with Crippen LogP contribution >= 0.6 is 0 Å². The molecule has 0 radical (unpaired) electrons. The standard InChI is InChI=1S/C24H29N7O3/c1-33-12-11-28-7-9-29(10-8-28)15-19-13-21-22(25-14-19)30(24(32)31-23(21)26-17-27-31)16-18-3-5-20(34-2)6-4-18/h3-6,13-14,17H,7-12,15-16H2,1-2H3. The lowest BCUT2D eigenvalue weighted by Gasteiger charge is -2.34. The van der Waals surface area contributed by atoms with Crippen LogP contribution in [-0.2, 0) is 17.8 Å². The average molecular weight is 464 g/mol. The van der Waals surface area contributed by atoms with Gasteiger partial charge < -0.3 is 9.47 Å². The number of methoxy groups -OCH3 is 2. The van der Waals surface area contributed by atoms with Crippen molar-refractivity contribution in [2.75, 3.05) is 53.6 Å². The summed E-state index contributed by atoms with van der Waals surface area (Å²) in [5.74, 6) is 0.773. The lowest BCUT2D eigenvalue weighted by Crippen LogP contribution is -2.46. The van der Waals surface area contributed by atoms with Crippen LogP contribution < -0.4 is 10.4 Å². The molecule has 0 saturated carbocycles. The first-order valence-electron chi connectivity index (χ1n) is 11.4. The molecule has 34 heavy (non-hydrogen) atoms. The minimum Gasteiger partial charge on any atom is -0.497 e. The van der Waals surface area contributed by atoms with E-state index in [0.29, 0.717) is 17.8 Å². The molecule has 0 unspecified atom stereocenters. The Balaban J connectivity index is 1.43. The van der Waals surface area contributed by atoms with Crippen LogP contribution in [0.15, 0.2) is 47.7 Å². The molecule has 4 heterocycles. The Morgan fingerprint density at radius 1 is 0.912 bits per heavy atom. The van der Waals surface area contributed by atoms with E-state index in [4.69, 9.17) is 14.5 Å². The molecular weight excluding hydrogens is 434 g/mol. The largest absolute Gasteiger partial charge is 0.497 e. The number of nitrogens with zero attached hydrogens (tertiary/aromatic N) is 7. The molecule has 0 spiro atoms. The quantitative estimate of drug-likeness (QED) is 0.386. The highest BCUT2D eigenvalue weighted by Crippen LogP contribution is 2.19. The molecule has 0 N–H and O–H groups in total. The van der Waals surface area contributed by atoms with Gasteiger partial charge in [0.25, 0.3) is 0 Å². The molecule has 1 aromatic carbocycles. The average Bonchev–Trinajstić information content (AvgIpc) is 3.37. The number of pyridine rings is 1. The van der Waals surface area contributed by atoms with E-state index in [1.807, 2.05) is 30.5 Å². The topological polar surface area (TPSA) is 90.0 Å². The van der Waals surface area contributed by atoms with Crippen LogP contribution in [0, 0.1) is 0 Å². The molecule has 0 bridgehead atoms. The summed E-state index contributed by atoms with van der Waals surface area (Å²) in [6, 6.07) is 9.76. The van der Waals surface area contributed by atoms with Crippen molar-refractivity contribution in [3.05, 3.63) is 64.5 Å². The van der Waals surface area contributed by atoms with E-state index in [1.54, 1.807) is 18.8 Å². The predicted molar refractivity (Wildman–Crippen MR) is 128 cm³/mol. The summed E-state index contributed by atoms with van der Waals surface area (Å²) in [5, 5.41) is 5.00. The molecule has 0 aliphatic carbocycles. The Hall–Kier alpha value is -3.34. The van der Waals surface area contributed by atoms with Crippen LogP contribution in [0.2, 0.25) is 0 Å². The van der Waals surface area contributed by atoms with E-state index < -0.39 is 0 Å². The molecule has 1 aliphatic heterocycles. The zero-order chi connectivity index (χ0) is 23.5. The van der Waals surface area contributed by atoms with Gasteiger partial charge in [0.2, 0.25) is 0 Å². The van der Waals surface area contributed by atoms with Gasteiger partial charge in [-0.3, -0.25) is 14.4 Å². The van der Waals surface area contributed by atoms with Gasteiger partial charge in [0.05, 0.1) is 25.6 Å². The van der Waals surface area contributed by atoms with Crippen LogP contribution in [0.4, 0.5) is 0 Å². The molecule has 10 nitrogen and oxygen atoms in total. The number of hydrogen-bond acceptors (Lipinski definition) is 8. The van der Waals surface area contributed by atoms with Gasteiger partial charge in [0, 0.05) is 52.6 Å². The number of piperazine rings is 1. The number of hydrogen-bond donors (Lipinski definition) is 0. The molecule has 3 aromatic heterocycles. The van der Waals surface area contributed by atoms with Crippen molar-refractivity contribution in [2.24, 2.45) is 0 Å². The van der Waals surface area contributed by atoms with Gasteiger partial charge in [-0.05, 0) is 29.3 Å². The zero-order valence-electron chi connectivity index (χ0n) is 19.6. The van der Waals surface area contributed by atoms with Crippen molar-refractivity contribution in [1.82, 2.24) is 33.9 Å². The Labute approximate surface area is 197 Å². The monoisotopic (exact) mass is 463 g/mol. The molecule has 5 rings (SSSR count). The van der Waals surface area contributed by atoms with Crippen LogP contribution in [0.25, 0.3) is 16.7 Å².